The van der Waals surface area contributed by atoms with Gasteiger partial charge in [0.1, 0.15) is 5.60 Å². The number of aliphatic hydroxyl groups is 1. The molecule has 1 aromatic carbocycles. The number of morpholine rings is 1. The Morgan fingerprint density at radius 3 is 2.06 bits per heavy atom. The number of amides is 1. The third-order valence-electron chi connectivity index (χ3n) is 7.28. The van der Waals surface area contributed by atoms with Gasteiger partial charge in [0.25, 0.3) is 0 Å². The van der Waals surface area contributed by atoms with Crippen LogP contribution in [0.2, 0.25) is 0 Å². The fraction of sp³-hybridized carbons (Fsp3) is 0.720. The second-order valence-corrected chi connectivity index (χ2v) is 11.9. The van der Waals surface area contributed by atoms with Crippen molar-refractivity contribution in [2.24, 2.45) is 0 Å². The molecule has 0 radical (unpaired) electrons. The highest BCUT2D eigenvalue weighted by molar-refractivity contribution is 6.62. The molecule has 7 nitrogen and oxygen atoms in total. The quantitative estimate of drug-likeness (QED) is 0.701. The molecule has 3 fully saturated rings. The van der Waals surface area contributed by atoms with E-state index in [-0.39, 0.29) is 29.4 Å². The van der Waals surface area contributed by atoms with E-state index in [2.05, 4.69) is 0 Å². The van der Waals surface area contributed by atoms with E-state index >= 15 is 0 Å². The summed E-state index contributed by atoms with van der Waals surface area (Å²) in [6.07, 6.45) is 1.12. The molecular weight excluding hydrogens is 421 g/mol. The number of rotatable bonds is 3. The number of hydrogen-bond donors (Lipinski definition) is 1. The van der Waals surface area contributed by atoms with Crippen LogP contribution in [0.1, 0.15) is 66.9 Å². The van der Waals surface area contributed by atoms with Crippen LogP contribution in [0.5, 0.6) is 0 Å². The number of carbonyl (C=O) groups is 1. The highest BCUT2D eigenvalue weighted by atomic mass is 16.7. The minimum absolute atomic E-state index is 0.193. The van der Waals surface area contributed by atoms with Crippen molar-refractivity contribution < 1.29 is 28.7 Å². The van der Waals surface area contributed by atoms with Gasteiger partial charge in [-0.15, -0.1) is 0 Å². The minimum Gasteiger partial charge on any atom is -0.444 e. The van der Waals surface area contributed by atoms with E-state index in [0.717, 1.165) is 11.0 Å². The molecule has 3 heterocycles. The van der Waals surface area contributed by atoms with E-state index in [1.165, 1.54) is 0 Å². The fourth-order valence-electron chi connectivity index (χ4n) is 4.98. The maximum absolute atomic E-state index is 12.8. The average Bonchev–Trinajstić information content (AvgIpc) is 2.87. The number of nitrogens with zero attached hydrogens (tertiary/aromatic N) is 1. The summed E-state index contributed by atoms with van der Waals surface area (Å²) >= 11 is 0. The van der Waals surface area contributed by atoms with Crippen molar-refractivity contribution in [2.45, 2.75) is 102 Å². The van der Waals surface area contributed by atoms with Crippen LogP contribution < -0.4 is 5.46 Å². The summed E-state index contributed by atoms with van der Waals surface area (Å²) in [6, 6.07) is 7.71. The zero-order valence-corrected chi connectivity index (χ0v) is 21.0. The lowest BCUT2D eigenvalue weighted by Crippen LogP contribution is -2.64. The molecule has 8 heteroatoms. The SMILES string of the molecule is CC(C)(C)OC(=O)N1C2COCC1CC(O)(Cc1ccc(B3OC(C)(C)C(C)(C)O3)cc1)C2. The molecule has 3 aliphatic heterocycles. The number of fused-ring (bicyclic) bond motifs is 2. The first-order valence-corrected chi connectivity index (χ1v) is 11.9. The molecule has 0 saturated carbocycles. The van der Waals surface area contributed by atoms with Crippen LogP contribution in [0.25, 0.3) is 0 Å². The Balaban J connectivity index is 1.43. The molecule has 0 spiro atoms. The first-order valence-electron chi connectivity index (χ1n) is 11.9. The predicted molar refractivity (Wildman–Crippen MR) is 127 cm³/mol. The molecular formula is C25H38BNO6. The lowest BCUT2D eigenvalue weighted by Gasteiger charge is -2.51. The Morgan fingerprint density at radius 1 is 1.06 bits per heavy atom. The van der Waals surface area contributed by atoms with E-state index in [0.29, 0.717) is 32.5 Å². The average molecular weight is 459 g/mol. The van der Waals surface area contributed by atoms with Gasteiger partial charge < -0.3 is 23.9 Å². The summed E-state index contributed by atoms with van der Waals surface area (Å²) in [5.74, 6) is 0. The van der Waals surface area contributed by atoms with E-state index in [4.69, 9.17) is 18.8 Å². The van der Waals surface area contributed by atoms with Gasteiger partial charge in [-0.05, 0) is 72.3 Å². The molecule has 1 N–H and O–H groups in total. The Morgan fingerprint density at radius 2 is 1.58 bits per heavy atom. The van der Waals surface area contributed by atoms with E-state index in [9.17, 15) is 9.90 Å². The van der Waals surface area contributed by atoms with Gasteiger partial charge in [0.15, 0.2) is 0 Å². The van der Waals surface area contributed by atoms with Crippen LogP contribution in [0, 0.1) is 0 Å². The van der Waals surface area contributed by atoms with E-state index in [1.807, 2.05) is 72.7 Å². The summed E-state index contributed by atoms with van der Waals surface area (Å²) < 4.78 is 23.6. The Labute approximate surface area is 197 Å². The second-order valence-electron chi connectivity index (χ2n) is 11.9. The first-order chi connectivity index (χ1) is 15.2. The third kappa shape index (κ3) is 5.09. The molecule has 4 rings (SSSR count). The van der Waals surface area contributed by atoms with Crippen molar-refractivity contribution in [2.75, 3.05) is 13.2 Å². The summed E-state index contributed by atoms with van der Waals surface area (Å²) in [5, 5.41) is 11.5. The van der Waals surface area contributed by atoms with Gasteiger partial charge in [-0.2, -0.15) is 0 Å². The standard InChI is InChI=1S/C25H38BNO6/c1-22(2,3)31-21(28)27-19-13-25(29,14-20(27)16-30-15-19)12-17-8-10-18(11-9-17)26-32-23(4,5)24(6,7)33-26/h8-11,19-20,29H,12-16H2,1-7H3. The smallest absolute Gasteiger partial charge is 0.444 e. The summed E-state index contributed by atoms with van der Waals surface area (Å²) in [6.45, 7) is 14.6. The van der Waals surface area contributed by atoms with Crippen molar-refractivity contribution in [3.05, 3.63) is 29.8 Å². The molecule has 3 aliphatic rings. The van der Waals surface area contributed by atoms with Crippen LogP contribution in [0.15, 0.2) is 24.3 Å². The van der Waals surface area contributed by atoms with Crippen molar-refractivity contribution >= 4 is 18.7 Å². The number of piperidine rings is 1. The van der Waals surface area contributed by atoms with Gasteiger partial charge in [0.2, 0.25) is 0 Å². The lowest BCUT2D eigenvalue weighted by atomic mass is 9.76. The summed E-state index contributed by atoms with van der Waals surface area (Å²) in [4.78, 5) is 14.6. The van der Waals surface area contributed by atoms with Crippen molar-refractivity contribution in [3.8, 4) is 0 Å². The summed E-state index contributed by atoms with van der Waals surface area (Å²) in [5.41, 5.74) is -0.208. The molecule has 3 saturated heterocycles. The predicted octanol–water partition coefficient (Wildman–Crippen LogP) is 3.06. The van der Waals surface area contributed by atoms with Crippen LogP contribution >= 0.6 is 0 Å². The topological polar surface area (TPSA) is 77.5 Å². The van der Waals surface area contributed by atoms with Gasteiger partial charge >= 0.3 is 13.2 Å². The number of ether oxygens (including phenoxy) is 2. The molecule has 2 unspecified atom stereocenters. The maximum Gasteiger partial charge on any atom is 0.494 e. The third-order valence-corrected chi connectivity index (χ3v) is 7.28. The van der Waals surface area contributed by atoms with E-state index < -0.39 is 18.3 Å². The van der Waals surface area contributed by atoms with Gasteiger partial charge in [-0.25, -0.2) is 4.79 Å². The van der Waals surface area contributed by atoms with Gasteiger partial charge in [-0.1, -0.05) is 24.3 Å². The number of carbonyl (C=O) groups excluding carboxylic acids is 1. The number of hydrogen-bond acceptors (Lipinski definition) is 6. The van der Waals surface area contributed by atoms with Gasteiger partial charge in [0, 0.05) is 6.42 Å². The summed E-state index contributed by atoms with van der Waals surface area (Å²) in [7, 11) is -0.402. The Bertz CT molecular complexity index is 848. The normalized spacial score (nSPS) is 30.9. The van der Waals surface area contributed by atoms with Crippen LogP contribution in [-0.2, 0) is 25.2 Å². The molecule has 33 heavy (non-hydrogen) atoms. The molecule has 2 atom stereocenters. The fourth-order valence-corrected chi connectivity index (χ4v) is 4.98. The van der Waals surface area contributed by atoms with Crippen molar-refractivity contribution in [3.63, 3.8) is 0 Å². The van der Waals surface area contributed by atoms with Crippen LogP contribution in [0.4, 0.5) is 4.79 Å². The Hall–Kier alpha value is -1.61. The zero-order chi connectivity index (χ0) is 24.2. The molecule has 0 aliphatic carbocycles. The molecule has 1 amide bonds. The molecule has 0 aromatic heterocycles. The lowest BCUT2D eigenvalue weighted by molar-refractivity contribution is -0.137. The van der Waals surface area contributed by atoms with Crippen LogP contribution in [-0.4, -0.2) is 70.9 Å². The van der Waals surface area contributed by atoms with Crippen molar-refractivity contribution in [1.29, 1.82) is 0 Å². The number of benzene rings is 1. The molecule has 2 bridgehead atoms. The largest absolute Gasteiger partial charge is 0.494 e. The monoisotopic (exact) mass is 459 g/mol. The van der Waals surface area contributed by atoms with Gasteiger partial charge in [0.05, 0.1) is 42.1 Å². The Kier molecular flexibility index (Phi) is 6.14. The zero-order valence-electron chi connectivity index (χ0n) is 21.0. The molecule has 1 aromatic rings. The molecule has 182 valence electrons. The minimum atomic E-state index is -0.899. The highest BCUT2D eigenvalue weighted by Gasteiger charge is 2.52. The van der Waals surface area contributed by atoms with Crippen molar-refractivity contribution in [1.82, 2.24) is 4.90 Å². The maximum atomic E-state index is 12.8. The van der Waals surface area contributed by atoms with Gasteiger partial charge in [-0.3, -0.25) is 4.90 Å². The highest BCUT2D eigenvalue weighted by Crippen LogP contribution is 2.38. The second kappa shape index (κ2) is 8.26. The van der Waals surface area contributed by atoms with Crippen LogP contribution in [0.3, 0.4) is 0 Å². The van der Waals surface area contributed by atoms with E-state index in [1.54, 1.807) is 4.90 Å². The first kappa shape index (κ1) is 24.5.